The molecule has 1 aliphatic heterocycles. The minimum absolute atomic E-state index is 0.0500. The molecule has 1 N–H and O–H groups in total. The van der Waals surface area contributed by atoms with Crippen molar-refractivity contribution in [2.75, 3.05) is 6.54 Å². The maximum Gasteiger partial charge on any atom is 0.245 e. The predicted molar refractivity (Wildman–Crippen MR) is 72.4 cm³/mol. The minimum Gasteiger partial charge on any atom is -0.344 e. The Bertz CT molecular complexity index is 374. The Hall–Kier alpha value is -1.06. The first-order valence-electron chi connectivity index (χ1n) is 7.79. The largest absolute Gasteiger partial charge is 0.344 e. The van der Waals surface area contributed by atoms with Crippen molar-refractivity contribution < 1.29 is 9.59 Å². The van der Waals surface area contributed by atoms with Gasteiger partial charge in [-0.15, -0.1) is 0 Å². The number of rotatable bonds is 5. The van der Waals surface area contributed by atoms with Crippen LogP contribution in [0, 0.1) is 11.8 Å². The summed E-state index contributed by atoms with van der Waals surface area (Å²) < 4.78 is 0. The molecule has 4 heteroatoms. The first-order valence-corrected chi connectivity index (χ1v) is 7.79. The van der Waals surface area contributed by atoms with Crippen LogP contribution in [0.5, 0.6) is 0 Å². The molecule has 2 atom stereocenters. The molecule has 1 heterocycles. The second-order valence-electron chi connectivity index (χ2n) is 6.41. The van der Waals surface area contributed by atoms with Crippen LogP contribution >= 0.6 is 0 Å². The number of hydrogen-bond acceptors (Lipinski definition) is 2. The zero-order valence-electron chi connectivity index (χ0n) is 11.7. The molecule has 19 heavy (non-hydrogen) atoms. The quantitative estimate of drug-likeness (QED) is 0.821. The minimum atomic E-state index is -0.233. The van der Waals surface area contributed by atoms with E-state index in [0.717, 1.165) is 31.6 Å². The lowest BCUT2D eigenvalue weighted by molar-refractivity contribution is -0.136. The number of hydrogen-bond donors (Lipinski definition) is 1. The molecule has 4 nitrogen and oxygen atoms in total. The fourth-order valence-electron chi connectivity index (χ4n) is 3.18. The highest BCUT2D eigenvalue weighted by atomic mass is 16.2. The molecule has 2 aliphatic carbocycles. The molecule has 0 bridgehead atoms. The Morgan fingerprint density at radius 2 is 2.00 bits per heavy atom. The van der Waals surface area contributed by atoms with Crippen LogP contribution in [0.1, 0.15) is 51.9 Å². The normalized spacial score (nSPS) is 29.9. The van der Waals surface area contributed by atoms with E-state index in [1.54, 1.807) is 0 Å². The third-order valence-electron chi connectivity index (χ3n) is 4.75. The summed E-state index contributed by atoms with van der Waals surface area (Å²) in [6.07, 6.45) is 7.43. The zero-order valence-corrected chi connectivity index (χ0v) is 11.7. The predicted octanol–water partition coefficient (Wildman–Crippen LogP) is 1.69. The number of nitrogens with zero attached hydrogens (tertiary/aromatic N) is 1. The highest BCUT2D eigenvalue weighted by Gasteiger charge is 2.42. The summed E-state index contributed by atoms with van der Waals surface area (Å²) in [6.45, 7) is 2.77. The Morgan fingerprint density at radius 3 is 2.58 bits per heavy atom. The maximum absolute atomic E-state index is 12.7. The van der Waals surface area contributed by atoms with E-state index in [-0.39, 0.29) is 17.9 Å². The topological polar surface area (TPSA) is 49.4 Å². The summed E-state index contributed by atoms with van der Waals surface area (Å²) in [6, 6.07) is 0.109. The molecule has 2 saturated carbocycles. The van der Waals surface area contributed by atoms with E-state index in [4.69, 9.17) is 0 Å². The SMILES string of the molecule is CCC(CC1CC1)N1CCC(=O)NC(C2CC2)C1=O. The van der Waals surface area contributed by atoms with Crippen molar-refractivity contribution in [2.24, 2.45) is 11.8 Å². The third-order valence-corrected chi connectivity index (χ3v) is 4.75. The number of amides is 2. The molecule has 3 aliphatic rings. The van der Waals surface area contributed by atoms with Crippen molar-refractivity contribution in [3.63, 3.8) is 0 Å². The van der Waals surface area contributed by atoms with E-state index in [0.29, 0.717) is 24.9 Å². The molecule has 0 radical (unpaired) electrons. The van der Waals surface area contributed by atoms with Crippen molar-refractivity contribution in [1.29, 1.82) is 0 Å². The number of carbonyl (C=O) groups is 2. The van der Waals surface area contributed by atoms with E-state index in [2.05, 4.69) is 12.2 Å². The summed E-state index contributed by atoms with van der Waals surface area (Å²) in [7, 11) is 0. The molecule has 2 amide bonds. The Labute approximate surface area is 114 Å². The zero-order chi connectivity index (χ0) is 13.4. The lowest BCUT2D eigenvalue weighted by atomic mass is 10.0. The number of carbonyl (C=O) groups excluding carboxylic acids is 2. The van der Waals surface area contributed by atoms with Gasteiger partial charge in [0.1, 0.15) is 6.04 Å². The molecule has 0 aromatic carbocycles. The van der Waals surface area contributed by atoms with Crippen LogP contribution < -0.4 is 5.32 Å². The van der Waals surface area contributed by atoms with Crippen LogP contribution in [-0.4, -0.2) is 35.3 Å². The van der Waals surface area contributed by atoms with Crippen molar-refractivity contribution in [3.8, 4) is 0 Å². The van der Waals surface area contributed by atoms with Gasteiger partial charge in [0.15, 0.2) is 0 Å². The summed E-state index contributed by atoms with van der Waals surface area (Å²) in [4.78, 5) is 26.5. The molecular formula is C15H24N2O2. The fraction of sp³-hybridized carbons (Fsp3) is 0.867. The molecular weight excluding hydrogens is 240 g/mol. The molecule has 2 unspecified atom stereocenters. The molecule has 3 rings (SSSR count). The molecule has 1 saturated heterocycles. The van der Waals surface area contributed by atoms with Crippen molar-refractivity contribution in [2.45, 2.75) is 64.0 Å². The smallest absolute Gasteiger partial charge is 0.245 e. The van der Waals surface area contributed by atoms with E-state index >= 15 is 0 Å². The van der Waals surface area contributed by atoms with Gasteiger partial charge in [-0.05, 0) is 37.5 Å². The Kier molecular flexibility index (Phi) is 3.50. The molecule has 106 valence electrons. The van der Waals surface area contributed by atoms with E-state index in [1.165, 1.54) is 12.8 Å². The average Bonchev–Trinajstić information content (AvgIpc) is 3.25. The monoisotopic (exact) mass is 264 g/mol. The second-order valence-corrected chi connectivity index (χ2v) is 6.41. The van der Waals surface area contributed by atoms with Gasteiger partial charge in [0, 0.05) is 19.0 Å². The molecule has 3 fully saturated rings. The second kappa shape index (κ2) is 5.14. The van der Waals surface area contributed by atoms with E-state index in [1.807, 2.05) is 4.90 Å². The van der Waals surface area contributed by atoms with Gasteiger partial charge in [-0.2, -0.15) is 0 Å². The van der Waals surface area contributed by atoms with Crippen LogP contribution in [0.4, 0.5) is 0 Å². The lowest BCUT2D eigenvalue weighted by Gasteiger charge is -2.32. The van der Waals surface area contributed by atoms with Crippen LogP contribution in [0.2, 0.25) is 0 Å². The Balaban J connectivity index is 1.72. The van der Waals surface area contributed by atoms with Gasteiger partial charge in [-0.1, -0.05) is 19.8 Å². The lowest BCUT2D eigenvalue weighted by Crippen LogP contribution is -2.49. The fourth-order valence-corrected chi connectivity index (χ4v) is 3.18. The van der Waals surface area contributed by atoms with E-state index in [9.17, 15) is 9.59 Å². The molecule has 0 aromatic heterocycles. The summed E-state index contributed by atoms with van der Waals surface area (Å²) in [5.74, 6) is 1.45. The van der Waals surface area contributed by atoms with Crippen molar-refractivity contribution in [3.05, 3.63) is 0 Å². The first-order chi connectivity index (χ1) is 9.19. The maximum atomic E-state index is 12.7. The molecule has 0 aromatic rings. The average molecular weight is 264 g/mol. The molecule has 0 spiro atoms. The highest BCUT2D eigenvalue weighted by molar-refractivity contribution is 5.90. The third kappa shape index (κ3) is 2.93. The van der Waals surface area contributed by atoms with Crippen LogP contribution in [0.3, 0.4) is 0 Å². The van der Waals surface area contributed by atoms with Crippen LogP contribution in [0.15, 0.2) is 0 Å². The van der Waals surface area contributed by atoms with Gasteiger partial charge in [0.25, 0.3) is 0 Å². The standard InChI is InChI=1S/C15H24N2O2/c1-2-12(9-10-3-4-10)17-8-7-13(18)16-14(15(17)19)11-5-6-11/h10-12,14H,2-9H2,1H3,(H,16,18). The highest BCUT2D eigenvalue weighted by Crippen LogP contribution is 2.37. The van der Waals surface area contributed by atoms with Gasteiger partial charge in [-0.25, -0.2) is 0 Å². The van der Waals surface area contributed by atoms with Crippen molar-refractivity contribution in [1.82, 2.24) is 10.2 Å². The Morgan fingerprint density at radius 1 is 1.26 bits per heavy atom. The van der Waals surface area contributed by atoms with Gasteiger partial charge in [0.2, 0.25) is 11.8 Å². The van der Waals surface area contributed by atoms with Crippen LogP contribution in [0.25, 0.3) is 0 Å². The number of nitrogens with one attached hydrogen (secondary N) is 1. The van der Waals surface area contributed by atoms with Gasteiger partial charge < -0.3 is 10.2 Å². The van der Waals surface area contributed by atoms with Gasteiger partial charge >= 0.3 is 0 Å². The van der Waals surface area contributed by atoms with Crippen molar-refractivity contribution >= 4 is 11.8 Å². The summed E-state index contributed by atoms with van der Waals surface area (Å²) >= 11 is 0. The summed E-state index contributed by atoms with van der Waals surface area (Å²) in [5.41, 5.74) is 0. The van der Waals surface area contributed by atoms with Gasteiger partial charge in [0.05, 0.1) is 0 Å². The first kappa shape index (κ1) is 12.9. The van der Waals surface area contributed by atoms with E-state index < -0.39 is 0 Å². The van der Waals surface area contributed by atoms with Gasteiger partial charge in [-0.3, -0.25) is 9.59 Å². The van der Waals surface area contributed by atoms with Crippen LogP contribution in [-0.2, 0) is 9.59 Å². The summed E-state index contributed by atoms with van der Waals surface area (Å²) in [5, 5.41) is 2.94.